The van der Waals surface area contributed by atoms with Gasteiger partial charge in [0.15, 0.2) is 0 Å². The van der Waals surface area contributed by atoms with Gasteiger partial charge >= 0.3 is 5.97 Å². The van der Waals surface area contributed by atoms with Crippen LogP contribution < -0.4 is 10.1 Å². The Hall–Kier alpha value is -3.23. The van der Waals surface area contributed by atoms with Crippen LogP contribution in [0.3, 0.4) is 0 Å². The number of aryl methyl sites for hydroxylation is 3. The van der Waals surface area contributed by atoms with Gasteiger partial charge in [0.25, 0.3) is 0 Å². The third-order valence-electron chi connectivity index (χ3n) is 8.17. The molecule has 0 fully saturated rings. The molecule has 0 aliphatic heterocycles. The van der Waals surface area contributed by atoms with Gasteiger partial charge in [0.05, 0.1) is 35.3 Å². The highest BCUT2D eigenvalue weighted by molar-refractivity contribution is 6.35. The molecular weight excluding hydrogens is 631 g/mol. The number of ether oxygens (including phenoxy) is 2. The monoisotopic (exact) mass is 670 g/mol. The zero-order valence-corrected chi connectivity index (χ0v) is 28.6. The smallest absolute Gasteiger partial charge is 0.355 e. The Bertz CT molecular complexity index is 1770. The largest absolute Gasteiger partial charge is 0.493 e. The predicted octanol–water partition coefficient (Wildman–Crippen LogP) is 8.51. The fourth-order valence-electron chi connectivity index (χ4n) is 6.06. The minimum atomic E-state index is -0.329. The van der Waals surface area contributed by atoms with E-state index < -0.39 is 0 Å². The molecule has 5 rings (SSSR count). The summed E-state index contributed by atoms with van der Waals surface area (Å²) < 4.78 is 15.9. The summed E-state index contributed by atoms with van der Waals surface area (Å²) in [6, 6.07) is 18.3. The zero-order chi connectivity index (χ0) is 31.2. The third-order valence-corrected chi connectivity index (χ3v) is 8.73. The lowest BCUT2D eigenvalue weighted by Crippen LogP contribution is -2.16. The van der Waals surface area contributed by atoms with E-state index in [1.165, 1.54) is 0 Å². The van der Waals surface area contributed by atoms with E-state index in [2.05, 4.69) is 33.2 Å². The van der Waals surface area contributed by atoms with E-state index in [0.29, 0.717) is 36.7 Å². The average Bonchev–Trinajstić information content (AvgIpc) is 3.50. The van der Waals surface area contributed by atoms with Crippen LogP contribution >= 0.6 is 35.6 Å². The van der Waals surface area contributed by atoms with Gasteiger partial charge in [-0.05, 0) is 76.2 Å². The standard InChI is InChI=1S/C35H40Cl2N4O3.ClH/c1-5-43-35(42)34-26(15-11-21-44-30-16-10-13-24-12-6-7-14-25(24)30)27-17-18-28(37)32(31-23(2)40(4)39-29(31)22-36)33(27)41(34)20-9-8-19-38-3;/h6-7,10,12-14,16-18,38H,5,8-9,11,15,19-22H2,1-4H3;1H. The normalized spacial score (nSPS) is 11.2. The van der Waals surface area contributed by atoms with Gasteiger partial charge < -0.3 is 19.4 Å². The number of carbonyl (C=O) groups is 1. The summed E-state index contributed by atoms with van der Waals surface area (Å²) in [5.41, 5.74) is 5.91. The zero-order valence-electron chi connectivity index (χ0n) is 26.3. The molecule has 0 atom stereocenters. The van der Waals surface area contributed by atoms with E-state index in [4.69, 9.17) is 32.7 Å². The molecule has 2 heterocycles. The number of nitrogens with one attached hydrogen (secondary N) is 1. The van der Waals surface area contributed by atoms with Crippen LogP contribution in [0.4, 0.5) is 0 Å². The minimum absolute atomic E-state index is 0. The average molecular weight is 672 g/mol. The van der Waals surface area contributed by atoms with E-state index in [1.807, 2.05) is 69.0 Å². The van der Waals surface area contributed by atoms with Gasteiger partial charge in [-0.15, -0.1) is 24.0 Å². The van der Waals surface area contributed by atoms with Gasteiger partial charge in [-0.3, -0.25) is 4.68 Å². The Balaban J connectivity index is 0.00000461. The highest BCUT2D eigenvalue weighted by atomic mass is 35.5. The summed E-state index contributed by atoms with van der Waals surface area (Å²) in [5, 5.41) is 11.7. The van der Waals surface area contributed by atoms with Crippen LogP contribution in [0.15, 0.2) is 54.6 Å². The minimum Gasteiger partial charge on any atom is -0.493 e. The molecule has 0 aliphatic carbocycles. The molecule has 45 heavy (non-hydrogen) atoms. The number of hydrogen-bond donors (Lipinski definition) is 1. The van der Waals surface area contributed by atoms with E-state index >= 15 is 0 Å². The van der Waals surface area contributed by atoms with Crippen molar-refractivity contribution in [2.24, 2.45) is 7.05 Å². The molecule has 10 heteroatoms. The number of esters is 1. The number of rotatable bonds is 14. The van der Waals surface area contributed by atoms with Crippen molar-refractivity contribution in [3.05, 3.63) is 82.3 Å². The Morgan fingerprint density at radius 3 is 2.53 bits per heavy atom. The van der Waals surface area contributed by atoms with Gasteiger partial charge in [0.1, 0.15) is 11.4 Å². The van der Waals surface area contributed by atoms with Crippen molar-refractivity contribution in [3.63, 3.8) is 0 Å². The summed E-state index contributed by atoms with van der Waals surface area (Å²) in [5.74, 6) is 0.774. The van der Waals surface area contributed by atoms with E-state index in [-0.39, 0.29) is 30.9 Å². The number of benzene rings is 3. The molecule has 0 amide bonds. The van der Waals surface area contributed by atoms with Crippen molar-refractivity contribution in [3.8, 4) is 16.9 Å². The molecule has 0 bridgehead atoms. The Labute approximate surface area is 281 Å². The molecule has 0 radical (unpaired) electrons. The molecular formula is C35H41Cl3N4O3. The van der Waals surface area contributed by atoms with E-state index in [9.17, 15) is 4.79 Å². The van der Waals surface area contributed by atoms with Gasteiger partial charge in [0, 0.05) is 41.2 Å². The highest BCUT2D eigenvalue weighted by Gasteiger charge is 2.29. The first-order valence-corrected chi connectivity index (χ1v) is 16.2. The van der Waals surface area contributed by atoms with Crippen LogP contribution in [0.5, 0.6) is 5.75 Å². The number of nitrogens with zero attached hydrogens (tertiary/aromatic N) is 3. The highest BCUT2D eigenvalue weighted by Crippen LogP contribution is 2.43. The Morgan fingerprint density at radius 2 is 1.78 bits per heavy atom. The van der Waals surface area contributed by atoms with Gasteiger partial charge in [-0.25, -0.2) is 4.79 Å². The summed E-state index contributed by atoms with van der Waals surface area (Å²) in [4.78, 5) is 13.7. The van der Waals surface area contributed by atoms with Crippen LogP contribution in [-0.4, -0.2) is 47.1 Å². The van der Waals surface area contributed by atoms with Crippen molar-refractivity contribution in [1.29, 1.82) is 0 Å². The fourth-order valence-corrected chi connectivity index (χ4v) is 6.49. The number of halogens is 3. The first kappa shape index (κ1) is 34.6. The van der Waals surface area contributed by atoms with Gasteiger partial charge in [-0.1, -0.05) is 54.1 Å². The lowest BCUT2D eigenvalue weighted by atomic mass is 9.98. The second kappa shape index (κ2) is 15.9. The number of fused-ring (bicyclic) bond motifs is 2. The quantitative estimate of drug-likeness (QED) is 0.0728. The molecule has 240 valence electrons. The van der Waals surface area contributed by atoms with E-state index in [1.54, 1.807) is 0 Å². The first-order valence-electron chi connectivity index (χ1n) is 15.3. The van der Waals surface area contributed by atoms with Crippen molar-refractivity contribution in [2.75, 3.05) is 26.8 Å². The molecule has 0 spiro atoms. The van der Waals surface area contributed by atoms with Crippen LogP contribution in [-0.2, 0) is 30.6 Å². The van der Waals surface area contributed by atoms with Crippen LogP contribution in [0.2, 0.25) is 5.02 Å². The number of aromatic nitrogens is 3. The molecule has 5 aromatic rings. The predicted molar refractivity (Wildman–Crippen MR) is 188 cm³/mol. The van der Waals surface area contributed by atoms with Crippen molar-refractivity contribution >= 4 is 63.3 Å². The molecule has 0 unspecified atom stereocenters. The van der Waals surface area contributed by atoms with Gasteiger partial charge in [-0.2, -0.15) is 5.10 Å². The fraction of sp³-hybridized carbons (Fsp3) is 0.371. The Kier molecular flexibility index (Phi) is 12.2. The SMILES string of the molecule is CCOC(=O)c1c(CCCOc2cccc3ccccc23)c2ccc(Cl)c(-c3c(CCl)nn(C)c3C)c2n1CCCCNC.Cl. The van der Waals surface area contributed by atoms with Crippen LogP contribution in [0.25, 0.3) is 32.8 Å². The lowest BCUT2D eigenvalue weighted by molar-refractivity contribution is 0.0512. The number of carbonyl (C=O) groups excluding carboxylic acids is 1. The number of alkyl halides is 1. The topological polar surface area (TPSA) is 70.3 Å². The van der Waals surface area contributed by atoms with Crippen molar-refractivity contribution < 1.29 is 14.3 Å². The third kappa shape index (κ3) is 7.12. The van der Waals surface area contributed by atoms with Crippen molar-refractivity contribution in [2.45, 2.75) is 52.0 Å². The maximum atomic E-state index is 13.7. The maximum absolute atomic E-state index is 13.7. The molecule has 1 N–H and O–H groups in total. The molecule has 0 saturated carbocycles. The van der Waals surface area contributed by atoms with Crippen LogP contribution in [0, 0.1) is 6.92 Å². The second-order valence-corrected chi connectivity index (χ2v) is 11.6. The summed E-state index contributed by atoms with van der Waals surface area (Å²) in [7, 11) is 3.86. The molecule has 2 aromatic heterocycles. The second-order valence-electron chi connectivity index (χ2n) is 10.9. The summed E-state index contributed by atoms with van der Waals surface area (Å²) in [6.07, 6.45) is 3.18. The summed E-state index contributed by atoms with van der Waals surface area (Å²) in [6.45, 7) is 6.17. The van der Waals surface area contributed by atoms with Gasteiger partial charge in [0.2, 0.25) is 0 Å². The molecule has 3 aromatic carbocycles. The molecule has 0 aliphatic rings. The molecule has 0 saturated heterocycles. The first-order chi connectivity index (χ1) is 21.4. The molecule has 7 nitrogen and oxygen atoms in total. The number of unbranched alkanes of at least 4 members (excludes halogenated alkanes) is 1. The van der Waals surface area contributed by atoms with Crippen molar-refractivity contribution in [1.82, 2.24) is 19.7 Å². The van der Waals surface area contributed by atoms with E-state index in [0.717, 1.165) is 74.9 Å². The maximum Gasteiger partial charge on any atom is 0.355 e. The Morgan fingerprint density at radius 1 is 1.00 bits per heavy atom. The number of hydrogen-bond acceptors (Lipinski definition) is 5. The van der Waals surface area contributed by atoms with Crippen LogP contribution in [0.1, 0.15) is 53.6 Å². The summed E-state index contributed by atoms with van der Waals surface area (Å²) >= 11 is 13.4. The lowest BCUT2D eigenvalue weighted by Gasteiger charge is -2.15.